The Morgan fingerprint density at radius 2 is 1.52 bits per heavy atom. The molecule has 6 heteroatoms. The van der Waals surface area contributed by atoms with Gasteiger partial charge in [0.2, 0.25) is 0 Å². The molecule has 0 aliphatic rings. The predicted molar refractivity (Wildman–Crippen MR) is 103 cm³/mol. The zero-order chi connectivity index (χ0) is 18.9. The molecule has 132 valence electrons. The number of carboxylic acid groups (broad SMARTS) is 1. The third kappa shape index (κ3) is 2.04. The van der Waals surface area contributed by atoms with Crippen LogP contribution < -0.4 is 11.1 Å². The molecule has 0 bridgehead atoms. The lowest BCUT2D eigenvalue weighted by molar-refractivity contribution is -0.137. The van der Waals surface area contributed by atoms with Crippen molar-refractivity contribution in [1.29, 1.82) is 0 Å². The molecule has 6 nitrogen and oxygen atoms in total. The molecular formula is C21H13NO5. The van der Waals surface area contributed by atoms with Gasteiger partial charge in [0, 0.05) is 26.9 Å². The van der Waals surface area contributed by atoms with Crippen LogP contribution in [0.2, 0.25) is 0 Å². The van der Waals surface area contributed by atoms with Gasteiger partial charge in [-0.25, -0.2) is 0 Å². The third-order valence-corrected chi connectivity index (χ3v) is 5.01. The Kier molecular flexibility index (Phi) is 2.98. The minimum atomic E-state index is -1.24. The van der Waals surface area contributed by atoms with Crippen molar-refractivity contribution in [3.05, 3.63) is 68.7 Å². The summed E-state index contributed by atoms with van der Waals surface area (Å²) in [6.07, 6.45) is 0. The van der Waals surface area contributed by atoms with Crippen LogP contribution in [0.25, 0.3) is 43.5 Å². The Morgan fingerprint density at radius 1 is 0.889 bits per heavy atom. The topological polar surface area (TPSA) is 89.5 Å². The average molecular weight is 359 g/mol. The SMILES string of the molecule is Cc1ccc2oc3ccc4c(=O)n(CC(=O)O)c(=O)c5ccc(c2c1)c3c45. The molecule has 0 saturated carbocycles. The van der Waals surface area contributed by atoms with Crippen LogP contribution in [-0.4, -0.2) is 15.6 Å². The highest BCUT2D eigenvalue weighted by atomic mass is 16.4. The number of fused-ring (bicyclic) bond motifs is 2. The highest BCUT2D eigenvalue weighted by Gasteiger charge is 2.19. The van der Waals surface area contributed by atoms with Crippen molar-refractivity contribution in [1.82, 2.24) is 4.57 Å². The molecule has 2 heterocycles. The van der Waals surface area contributed by atoms with E-state index in [0.29, 0.717) is 27.1 Å². The van der Waals surface area contributed by atoms with Gasteiger partial charge in [-0.15, -0.1) is 0 Å². The monoisotopic (exact) mass is 359 g/mol. The van der Waals surface area contributed by atoms with Crippen LogP contribution in [0.5, 0.6) is 0 Å². The Bertz CT molecular complexity index is 1490. The first-order valence-corrected chi connectivity index (χ1v) is 8.42. The largest absolute Gasteiger partial charge is 0.480 e. The first-order chi connectivity index (χ1) is 13.0. The molecule has 0 unspecified atom stereocenters. The van der Waals surface area contributed by atoms with E-state index in [0.717, 1.165) is 26.5 Å². The Labute approximate surface area is 151 Å². The van der Waals surface area contributed by atoms with Crippen molar-refractivity contribution >= 4 is 49.5 Å². The van der Waals surface area contributed by atoms with Gasteiger partial charge in [-0.1, -0.05) is 17.7 Å². The lowest BCUT2D eigenvalue weighted by Crippen LogP contribution is -2.35. The number of rotatable bonds is 2. The van der Waals surface area contributed by atoms with Crippen molar-refractivity contribution in [2.75, 3.05) is 0 Å². The van der Waals surface area contributed by atoms with Gasteiger partial charge < -0.3 is 9.52 Å². The van der Waals surface area contributed by atoms with E-state index in [-0.39, 0.29) is 0 Å². The van der Waals surface area contributed by atoms with E-state index in [4.69, 9.17) is 9.52 Å². The molecule has 27 heavy (non-hydrogen) atoms. The second-order valence-corrected chi connectivity index (χ2v) is 6.71. The zero-order valence-electron chi connectivity index (χ0n) is 14.3. The molecule has 1 N–H and O–H groups in total. The molecule has 2 aromatic heterocycles. The van der Waals surface area contributed by atoms with Gasteiger partial charge in [-0.2, -0.15) is 0 Å². The van der Waals surface area contributed by atoms with E-state index in [1.165, 1.54) is 0 Å². The predicted octanol–water partition coefficient (Wildman–Crippen LogP) is 3.25. The number of pyridine rings is 1. The quantitative estimate of drug-likeness (QED) is 0.386. The van der Waals surface area contributed by atoms with Crippen molar-refractivity contribution < 1.29 is 14.3 Å². The Hall–Kier alpha value is -3.67. The summed E-state index contributed by atoms with van der Waals surface area (Å²) in [6.45, 7) is 1.32. The molecule has 0 saturated heterocycles. The Balaban J connectivity index is 2.08. The lowest BCUT2D eigenvalue weighted by atomic mass is 9.96. The molecule has 0 atom stereocenters. The van der Waals surface area contributed by atoms with Crippen LogP contribution in [0.3, 0.4) is 0 Å². The first kappa shape index (κ1) is 15.6. The zero-order valence-corrected chi connectivity index (χ0v) is 14.3. The maximum absolute atomic E-state index is 12.8. The number of aromatic nitrogens is 1. The van der Waals surface area contributed by atoms with Crippen LogP contribution in [0.4, 0.5) is 0 Å². The summed E-state index contributed by atoms with van der Waals surface area (Å²) >= 11 is 0. The number of benzene rings is 3. The van der Waals surface area contributed by atoms with Crippen molar-refractivity contribution in [2.24, 2.45) is 0 Å². The molecule has 0 amide bonds. The summed E-state index contributed by atoms with van der Waals surface area (Å²) in [5.74, 6) is -1.24. The second kappa shape index (κ2) is 5.17. The smallest absolute Gasteiger partial charge is 0.323 e. The number of aryl methyl sites for hydroxylation is 1. The summed E-state index contributed by atoms with van der Waals surface area (Å²) in [5.41, 5.74) is 1.16. The molecular weight excluding hydrogens is 346 g/mol. The van der Waals surface area contributed by atoms with Gasteiger partial charge in [-0.05, 0) is 42.6 Å². The summed E-state index contributed by atoms with van der Waals surface area (Å²) < 4.78 is 6.78. The second-order valence-electron chi connectivity index (χ2n) is 6.71. The fraction of sp³-hybridized carbons (Fsp3) is 0.0952. The average Bonchev–Trinajstić information content (AvgIpc) is 2.65. The highest BCUT2D eigenvalue weighted by molar-refractivity contribution is 6.26. The first-order valence-electron chi connectivity index (χ1n) is 8.42. The van der Waals surface area contributed by atoms with Gasteiger partial charge in [0.1, 0.15) is 17.7 Å². The molecule has 0 aliphatic heterocycles. The summed E-state index contributed by atoms with van der Waals surface area (Å²) in [4.78, 5) is 36.6. The minimum absolute atomic E-state index is 0.311. The van der Waals surface area contributed by atoms with Crippen LogP contribution in [0.1, 0.15) is 5.56 Å². The molecule has 0 spiro atoms. The van der Waals surface area contributed by atoms with Gasteiger partial charge >= 0.3 is 5.97 Å². The molecule has 0 radical (unpaired) electrons. The van der Waals surface area contributed by atoms with E-state index in [9.17, 15) is 14.4 Å². The standard InChI is InChI=1S/C21H13NO5/c1-10-2-6-15-14(8-10)11-3-4-12-18-13(5-7-16(27-15)19(11)18)21(26)22(20(12)25)9-17(23)24/h2-8H,9H2,1H3,(H,23,24). The number of aliphatic carboxylic acids is 1. The van der Waals surface area contributed by atoms with Crippen molar-refractivity contribution in [2.45, 2.75) is 13.5 Å². The Morgan fingerprint density at radius 3 is 2.22 bits per heavy atom. The molecule has 5 aromatic rings. The van der Waals surface area contributed by atoms with Crippen molar-refractivity contribution in [3.63, 3.8) is 0 Å². The molecule has 0 fully saturated rings. The number of nitrogens with zero attached hydrogens (tertiary/aromatic N) is 1. The fourth-order valence-corrected chi connectivity index (χ4v) is 3.85. The van der Waals surface area contributed by atoms with E-state index in [1.54, 1.807) is 18.2 Å². The number of carboxylic acids is 1. The van der Waals surface area contributed by atoms with Gasteiger partial charge in [0.15, 0.2) is 0 Å². The molecule has 0 aliphatic carbocycles. The van der Waals surface area contributed by atoms with E-state index < -0.39 is 23.6 Å². The van der Waals surface area contributed by atoms with E-state index >= 15 is 0 Å². The van der Waals surface area contributed by atoms with Gasteiger partial charge in [-0.3, -0.25) is 19.0 Å². The van der Waals surface area contributed by atoms with Crippen LogP contribution in [-0.2, 0) is 11.3 Å². The molecule has 3 aromatic carbocycles. The van der Waals surface area contributed by atoms with Gasteiger partial charge in [0.05, 0.1) is 0 Å². The number of carbonyl (C=O) groups is 1. The molecule has 5 rings (SSSR count). The number of hydrogen-bond donors (Lipinski definition) is 1. The summed E-state index contributed by atoms with van der Waals surface area (Å²) in [7, 11) is 0. The van der Waals surface area contributed by atoms with Crippen LogP contribution >= 0.6 is 0 Å². The lowest BCUT2D eigenvalue weighted by Gasteiger charge is -2.13. The van der Waals surface area contributed by atoms with Crippen molar-refractivity contribution in [3.8, 4) is 0 Å². The fourth-order valence-electron chi connectivity index (χ4n) is 3.85. The maximum Gasteiger partial charge on any atom is 0.323 e. The third-order valence-electron chi connectivity index (χ3n) is 5.01. The van der Waals surface area contributed by atoms with Crippen LogP contribution in [0.15, 0.2) is 56.5 Å². The number of hydrogen-bond acceptors (Lipinski definition) is 4. The minimum Gasteiger partial charge on any atom is -0.480 e. The van der Waals surface area contributed by atoms with E-state index in [2.05, 4.69) is 0 Å². The normalized spacial score (nSPS) is 11.9. The van der Waals surface area contributed by atoms with Gasteiger partial charge in [0.25, 0.3) is 11.1 Å². The maximum atomic E-state index is 12.8. The van der Waals surface area contributed by atoms with Crippen LogP contribution in [0, 0.1) is 6.92 Å². The highest BCUT2D eigenvalue weighted by Crippen LogP contribution is 2.36. The van der Waals surface area contributed by atoms with E-state index in [1.807, 2.05) is 31.2 Å². The summed E-state index contributed by atoms with van der Waals surface area (Å²) in [5, 5.41) is 12.7. The summed E-state index contributed by atoms with van der Waals surface area (Å²) in [6, 6.07) is 12.6.